The molecule has 0 amide bonds. The molecule has 0 unspecified atom stereocenters. The highest BCUT2D eigenvalue weighted by Crippen LogP contribution is 2.35. The van der Waals surface area contributed by atoms with Crippen LogP contribution in [0.2, 0.25) is 0 Å². The average molecular weight is 273 g/mol. The highest BCUT2D eigenvalue weighted by molar-refractivity contribution is 7.57. The van der Waals surface area contributed by atoms with Crippen molar-refractivity contribution >= 4 is 7.92 Å². The molecule has 1 nitrogen and oxygen atoms in total. The van der Waals surface area contributed by atoms with Crippen LogP contribution in [0.3, 0.4) is 0 Å². The number of rotatable bonds is 14. The minimum absolute atomic E-state index is 0.397. The molecule has 0 aromatic rings. The van der Waals surface area contributed by atoms with Crippen LogP contribution in [0.25, 0.3) is 0 Å². The molecule has 2 heteroatoms. The fourth-order valence-corrected chi connectivity index (χ4v) is 4.18. The molecule has 0 aromatic heterocycles. The van der Waals surface area contributed by atoms with Crippen LogP contribution in [0.15, 0.2) is 0 Å². The summed E-state index contributed by atoms with van der Waals surface area (Å²) in [5, 5.41) is 0. The number of unbranched alkanes of at least 4 members (excludes halogenated alkanes) is 9. The van der Waals surface area contributed by atoms with E-state index in [-0.39, 0.29) is 0 Å². The van der Waals surface area contributed by atoms with Crippen molar-refractivity contribution in [3.8, 4) is 0 Å². The minimum Gasteiger partial charge on any atom is -0.330 e. The van der Waals surface area contributed by atoms with Gasteiger partial charge in [-0.05, 0) is 37.9 Å². The van der Waals surface area contributed by atoms with Crippen molar-refractivity contribution in [1.29, 1.82) is 0 Å². The first kappa shape index (κ1) is 18.4. The van der Waals surface area contributed by atoms with E-state index in [1.54, 1.807) is 0 Å². The second-order valence-electron chi connectivity index (χ2n) is 5.35. The summed E-state index contributed by atoms with van der Waals surface area (Å²) in [4.78, 5) is 0. The molecule has 0 aliphatic carbocycles. The van der Waals surface area contributed by atoms with Crippen molar-refractivity contribution in [2.75, 3.05) is 25.0 Å². The molecule has 0 saturated heterocycles. The van der Waals surface area contributed by atoms with E-state index in [0.29, 0.717) is 7.92 Å². The Hall–Kier alpha value is 0.390. The first-order chi connectivity index (χ1) is 8.85. The molecule has 0 saturated carbocycles. The van der Waals surface area contributed by atoms with Gasteiger partial charge in [-0.25, -0.2) is 0 Å². The van der Waals surface area contributed by atoms with Crippen LogP contribution in [0.4, 0.5) is 0 Å². The lowest BCUT2D eigenvalue weighted by molar-refractivity contribution is 0.558. The van der Waals surface area contributed by atoms with Gasteiger partial charge in [0.15, 0.2) is 0 Å². The van der Waals surface area contributed by atoms with Gasteiger partial charge in [-0.1, -0.05) is 65.2 Å². The van der Waals surface area contributed by atoms with Gasteiger partial charge in [0.25, 0.3) is 0 Å². The maximum Gasteiger partial charge on any atom is -0.00773 e. The molecule has 0 aliphatic rings. The average Bonchev–Trinajstić information content (AvgIpc) is 2.40. The van der Waals surface area contributed by atoms with Gasteiger partial charge in [-0.2, -0.15) is 0 Å². The van der Waals surface area contributed by atoms with Crippen molar-refractivity contribution in [2.45, 2.75) is 78.1 Å². The largest absolute Gasteiger partial charge is 0.330 e. The zero-order chi connectivity index (χ0) is 13.5. The lowest BCUT2D eigenvalue weighted by atomic mass is 10.1. The molecule has 110 valence electrons. The minimum atomic E-state index is 0.397. The second-order valence-corrected chi connectivity index (χ2v) is 8.40. The third-order valence-electron chi connectivity index (χ3n) is 3.82. The van der Waals surface area contributed by atoms with Crippen molar-refractivity contribution in [3.63, 3.8) is 0 Å². The topological polar surface area (TPSA) is 26.0 Å². The van der Waals surface area contributed by atoms with Gasteiger partial charge in [-0.3, -0.25) is 0 Å². The first-order valence-corrected chi connectivity index (χ1v) is 10.2. The van der Waals surface area contributed by atoms with E-state index in [2.05, 4.69) is 13.8 Å². The monoisotopic (exact) mass is 273 g/mol. The lowest BCUT2D eigenvalue weighted by Crippen LogP contribution is -1.97. The molecular weight excluding hydrogens is 237 g/mol. The number of nitrogens with two attached hydrogens (primary N) is 1. The Bertz CT molecular complexity index is 146. The molecule has 2 N–H and O–H groups in total. The standard InChI is InChI=1S/C16H36NP/c1-3-18(4-2)16-14-12-10-8-6-5-7-9-11-13-15-17/h3-17H2,1-2H3. The molecule has 0 aromatic carbocycles. The maximum absolute atomic E-state index is 5.48. The van der Waals surface area contributed by atoms with E-state index in [0.717, 1.165) is 6.54 Å². The lowest BCUT2D eigenvalue weighted by Gasteiger charge is -2.12. The Morgan fingerprint density at radius 2 is 1.00 bits per heavy atom. The predicted molar refractivity (Wildman–Crippen MR) is 88.1 cm³/mol. The molecule has 0 radical (unpaired) electrons. The molecule has 0 bridgehead atoms. The van der Waals surface area contributed by atoms with Gasteiger partial charge < -0.3 is 5.73 Å². The molecular formula is C16H36NP. The summed E-state index contributed by atoms with van der Waals surface area (Å²) in [6.07, 6.45) is 18.6. The van der Waals surface area contributed by atoms with Crippen LogP contribution in [-0.4, -0.2) is 25.0 Å². The van der Waals surface area contributed by atoms with E-state index < -0.39 is 0 Å². The van der Waals surface area contributed by atoms with Crippen LogP contribution in [-0.2, 0) is 0 Å². The van der Waals surface area contributed by atoms with Gasteiger partial charge >= 0.3 is 0 Å². The molecule has 0 heterocycles. The van der Waals surface area contributed by atoms with Crippen LogP contribution in [0, 0.1) is 0 Å². The van der Waals surface area contributed by atoms with Gasteiger partial charge in [0.1, 0.15) is 0 Å². The van der Waals surface area contributed by atoms with Crippen molar-refractivity contribution in [2.24, 2.45) is 5.73 Å². The number of hydrogen-bond acceptors (Lipinski definition) is 1. The number of hydrogen-bond donors (Lipinski definition) is 1. The van der Waals surface area contributed by atoms with Gasteiger partial charge in [0.2, 0.25) is 0 Å². The van der Waals surface area contributed by atoms with E-state index in [4.69, 9.17) is 5.73 Å². The van der Waals surface area contributed by atoms with E-state index >= 15 is 0 Å². The Kier molecular flexibility index (Phi) is 15.8. The van der Waals surface area contributed by atoms with E-state index in [1.807, 2.05) is 0 Å². The molecule has 18 heavy (non-hydrogen) atoms. The molecule has 0 aliphatic heterocycles. The Morgan fingerprint density at radius 1 is 0.611 bits per heavy atom. The molecule has 0 atom stereocenters. The van der Waals surface area contributed by atoms with Crippen molar-refractivity contribution in [1.82, 2.24) is 0 Å². The maximum atomic E-state index is 5.48. The smallest absolute Gasteiger partial charge is 0.00773 e. The summed E-state index contributed by atoms with van der Waals surface area (Å²) in [6.45, 7) is 5.60. The van der Waals surface area contributed by atoms with Crippen LogP contribution < -0.4 is 5.73 Å². The van der Waals surface area contributed by atoms with Crippen molar-refractivity contribution in [3.05, 3.63) is 0 Å². The van der Waals surface area contributed by atoms with Gasteiger partial charge in [0.05, 0.1) is 0 Å². The quantitative estimate of drug-likeness (QED) is 0.334. The van der Waals surface area contributed by atoms with E-state index in [9.17, 15) is 0 Å². The Morgan fingerprint density at radius 3 is 1.39 bits per heavy atom. The Balaban J connectivity index is 3.03. The molecule has 0 rings (SSSR count). The van der Waals surface area contributed by atoms with Gasteiger partial charge in [0, 0.05) is 0 Å². The zero-order valence-electron chi connectivity index (χ0n) is 12.9. The summed E-state index contributed by atoms with van der Waals surface area (Å²) < 4.78 is 0. The highest BCUT2D eigenvalue weighted by atomic mass is 31.1. The van der Waals surface area contributed by atoms with Crippen LogP contribution in [0.1, 0.15) is 78.1 Å². The van der Waals surface area contributed by atoms with Crippen molar-refractivity contribution < 1.29 is 0 Å². The van der Waals surface area contributed by atoms with Crippen LogP contribution in [0.5, 0.6) is 0 Å². The second kappa shape index (κ2) is 15.4. The van der Waals surface area contributed by atoms with Crippen LogP contribution >= 0.6 is 7.92 Å². The highest BCUT2D eigenvalue weighted by Gasteiger charge is 2.01. The molecule has 0 fully saturated rings. The normalized spacial score (nSPS) is 11.3. The zero-order valence-corrected chi connectivity index (χ0v) is 13.8. The predicted octanol–water partition coefficient (Wildman–Crippen LogP) is 5.37. The Labute approximate surface area is 117 Å². The fraction of sp³-hybridized carbons (Fsp3) is 1.00. The van der Waals surface area contributed by atoms with E-state index in [1.165, 1.54) is 82.7 Å². The summed E-state index contributed by atoms with van der Waals surface area (Å²) in [5.74, 6) is 0. The SMILES string of the molecule is CCP(CC)CCCCCCCCCCCCN. The third-order valence-corrected chi connectivity index (χ3v) is 6.56. The summed E-state index contributed by atoms with van der Waals surface area (Å²) >= 11 is 0. The van der Waals surface area contributed by atoms with Gasteiger partial charge in [-0.15, -0.1) is 7.92 Å². The summed E-state index contributed by atoms with van der Waals surface area (Å²) in [6, 6.07) is 0. The first-order valence-electron chi connectivity index (χ1n) is 8.27. The fourth-order valence-electron chi connectivity index (χ4n) is 2.43. The molecule has 0 spiro atoms. The summed E-state index contributed by atoms with van der Waals surface area (Å²) in [7, 11) is 0.397. The summed E-state index contributed by atoms with van der Waals surface area (Å²) in [5.41, 5.74) is 5.48. The third kappa shape index (κ3) is 12.8.